The average Bonchev–Trinajstić information content (AvgIpc) is 2.38. The molecule has 0 radical (unpaired) electrons. The minimum Gasteiger partial charge on any atom is -0.496 e. The van der Waals surface area contributed by atoms with Gasteiger partial charge >= 0.3 is 0 Å². The number of rotatable bonds is 7. The number of methoxy groups -OCH3 is 3. The molecule has 0 heterocycles. The lowest BCUT2D eigenvalue weighted by Crippen LogP contribution is -2.21. The summed E-state index contributed by atoms with van der Waals surface area (Å²) in [6.07, 6.45) is 0. The van der Waals surface area contributed by atoms with Gasteiger partial charge in [-0.3, -0.25) is 4.90 Å². The monoisotopic (exact) mass is 255 g/mol. The van der Waals surface area contributed by atoms with Crippen LogP contribution in [0.5, 0.6) is 17.2 Å². The predicted molar refractivity (Wildman–Crippen MR) is 69.5 cm³/mol. The Bertz CT molecular complexity index is 381. The van der Waals surface area contributed by atoms with Crippen LogP contribution in [0.2, 0.25) is 0 Å². The van der Waals surface area contributed by atoms with Crippen molar-refractivity contribution in [3.63, 3.8) is 0 Å². The number of hydrogen-bond donors (Lipinski definition) is 1. The van der Waals surface area contributed by atoms with Gasteiger partial charge in [0.1, 0.15) is 5.75 Å². The van der Waals surface area contributed by atoms with Crippen molar-refractivity contribution in [1.29, 1.82) is 0 Å². The molecule has 1 N–H and O–H groups in total. The Morgan fingerprint density at radius 2 is 1.56 bits per heavy atom. The Labute approximate surface area is 108 Å². The molecule has 0 aliphatic heterocycles. The fourth-order valence-electron chi connectivity index (χ4n) is 1.76. The molecule has 1 aromatic rings. The van der Waals surface area contributed by atoms with E-state index in [1.807, 2.05) is 18.0 Å². The summed E-state index contributed by atoms with van der Waals surface area (Å²) in [6, 6.07) is 3.70. The molecule has 0 spiro atoms. The maximum absolute atomic E-state index is 8.91. The smallest absolute Gasteiger partial charge is 0.164 e. The number of ether oxygens (including phenoxy) is 3. The van der Waals surface area contributed by atoms with Crippen molar-refractivity contribution < 1.29 is 19.3 Å². The zero-order chi connectivity index (χ0) is 13.5. The van der Waals surface area contributed by atoms with Gasteiger partial charge < -0.3 is 19.3 Å². The zero-order valence-corrected chi connectivity index (χ0v) is 11.4. The summed E-state index contributed by atoms with van der Waals surface area (Å²) < 4.78 is 15.8. The quantitative estimate of drug-likeness (QED) is 0.791. The molecule has 5 heteroatoms. The van der Waals surface area contributed by atoms with Crippen LogP contribution in [0.4, 0.5) is 0 Å². The van der Waals surface area contributed by atoms with Crippen molar-refractivity contribution in [3.05, 3.63) is 17.7 Å². The summed E-state index contributed by atoms with van der Waals surface area (Å²) in [5.41, 5.74) is 0.992. The fraction of sp³-hybridized carbons (Fsp3) is 0.538. The van der Waals surface area contributed by atoms with Crippen molar-refractivity contribution in [2.75, 3.05) is 41.5 Å². The maximum Gasteiger partial charge on any atom is 0.164 e. The summed E-state index contributed by atoms with van der Waals surface area (Å²) >= 11 is 0. The average molecular weight is 255 g/mol. The maximum atomic E-state index is 8.91. The van der Waals surface area contributed by atoms with E-state index in [0.29, 0.717) is 24.6 Å². The Morgan fingerprint density at radius 1 is 1.00 bits per heavy atom. The van der Waals surface area contributed by atoms with Gasteiger partial charge in [0, 0.05) is 24.7 Å². The van der Waals surface area contributed by atoms with Crippen LogP contribution < -0.4 is 14.2 Å². The second-order valence-electron chi connectivity index (χ2n) is 3.98. The van der Waals surface area contributed by atoms with Crippen molar-refractivity contribution in [1.82, 2.24) is 4.90 Å². The molecular formula is C13H21NO4. The number of benzene rings is 1. The highest BCUT2D eigenvalue weighted by molar-refractivity contribution is 5.50. The molecule has 0 amide bonds. The Kier molecular flexibility index (Phi) is 5.74. The normalized spacial score (nSPS) is 10.6. The van der Waals surface area contributed by atoms with Crippen LogP contribution in [0.25, 0.3) is 0 Å². The van der Waals surface area contributed by atoms with Crippen molar-refractivity contribution in [3.8, 4) is 17.2 Å². The fourth-order valence-corrected chi connectivity index (χ4v) is 1.76. The highest BCUT2D eigenvalue weighted by Gasteiger charge is 2.13. The number of nitrogens with zero attached hydrogens (tertiary/aromatic N) is 1. The molecule has 0 aromatic heterocycles. The van der Waals surface area contributed by atoms with Crippen LogP contribution in [-0.2, 0) is 6.54 Å². The van der Waals surface area contributed by atoms with E-state index >= 15 is 0 Å². The van der Waals surface area contributed by atoms with Gasteiger partial charge in [0.15, 0.2) is 11.5 Å². The standard InChI is InChI=1S/C13H21NO4/c1-14(5-6-15)9-10-7-12(17-3)13(18-4)8-11(10)16-2/h7-8,15H,5-6,9H2,1-4H3. The summed E-state index contributed by atoms with van der Waals surface area (Å²) in [7, 11) is 6.75. The van der Waals surface area contributed by atoms with Crippen molar-refractivity contribution in [2.24, 2.45) is 0 Å². The third kappa shape index (κ3) is 3.51. The van der Waals surface area contributed by atoms with Crippen LogP contribution in [0, 0.1) is 0 Å². The van der Waals surface area contributed by atoms with Gasteiger partial charge in [-0.05, 0) is 13.1 Å². The molecule has 0 aliphatic carbocycles. The van der Waals surface area contributed by atoms with Crippen LogP contribution in [0.15, 0.2) is 12.1 Å². The molecule has 102 valence electrons. The number of aliphatic hydroxyl groups is 1. The lowest BCUT2D eigenvalue weighted by molar-refractivity contribution is 0.215. The molecule has 0 unspecified atom stereocenters. The third-order valence-corrected chi connectivity index (χ3v) is 2.71. The van der Waals surface area contributed by atoms with Gasteiger partial charge in [-0.15, -0.1) is 0 Å². The Balaban J connectivity index is 3.01. The highest BCUT2D eigenvalue weighted by Crippen LogP contribution is 2.34. The zero-order valence-electron chi connectivity index (χ0n) is 11.4. The highest BCUT2D eigenvalue weighted by atomic mass is 16.5. The van der Waals surface area contributed by atoms with Gasteiger partial charge in [-0.1, -0.05) is 0 Å². The summed E-state index contributed by atoms with van der Waals surface area (Å²) in [5, 5.41) is 8.91. The number of hydrogen-bond acceptors (Lipinski definition) is 5. The SMILES string of the molecule is COc1cc(OC)c(OC)cc1CN(C)CCO. The minimum atomic E-state index is 0.131. The van der Waals surface area contributed by atoms with E-state index in [1.165, 1.54) is 0 Å². The topological polar surface area (TPSA) is 51.2 Å². The van der Waals surface area contributed by atoms with Crippen LogP contribution in [0.3, 0.4) is 0 Å². The van der Waals surface area contributed by atoms with Gasteiger partial charge in [0.05, 0.1) is 27.9 Å². The third-order valence-electron chi connectivity index (χ3n) is 2.71. The summed E-state index contributed by atoms with van der Waals surface area (Å²) in [5.74, 6) is 2.06. The van der Waals surface area contributed by atoms with E-state index < -0.39 is 0 Å². The first kappa shape index (κ1) is 14.6. The summed E-state index contributed by atoms with van der Waals surface area (Å²) in [6.45, 7) is 1.41. The molecule has 5 nitrogen and oxygen atoms in total. The van der Waals surface area contributed by atoms with Crippen molar-refractivity contribution >= 4 is 0 Å². The molecule has 0 bridgehead atoms. The second kappa shape index (κ2) is 7.08. The van der Waals surface area contributed by atoms with E-state index in [2.05, 4.69) is 0 Å². The van der Waals surface area contributed by atoms with Gasteiger partial charge in [0.2, 0.25) is 0 Å². The molecule has 0 saturated carbocycles. The second-order valence-corrected chi connectivity index (χ2v) is 3.98. The molecule has 0 fully saturated rings. The molecule has 18 heavy (non-hydrogen) atoms. The van der Waals surface area contributed by atoms with Gasteiger partial charge in [0.25, 0.3) is 0 Å². The van der Waals surface area contributed by atoms with Crippen LogP contribution >= 0.6 is 0 Å². The lowest BCUT2D eigenvalue weighted by Gasteiger charge is -2.19. The first-order valence-electron chi connectivity index (χ1n) is 5.74. The van der Waals surface area contributed by atoms with E-state index in [-0.39, 0.29) is 6.61 Å². The van der Waals surface area contributed by atoms with Gasteiger partial charge in [-0.2, -0.15) is 0 Å². The Morgan fingerprint density at radius 3 is 2.06 bits per heavy atom. The molecule has 0 atom stereocenters. The summed E-state index contributed by atoms with van der Waals surface area (Å²) in [4.78, 5) is 2.00. The lowest BCUT2D eigenvalue weighted by atomic mass is 10.1. The van der Waals surface area contributed by atoms with E-state index in [0.717, 1.165) is 11.3 Å². The Hall–Kier alpha value is -1.46. The van der Waals surface area contributed by atoms with Crippen LogP contribution in [0.1, 0.15) is 5.56 Å². The van der Waals surface area contributed by atoms with Crippen molar-refractivity contribution in [2.45, 2.75) is 6.54 Å². The first-order valence-corrected chi connectivity index (χ1v) is 5.74. The largest absolute Gasteiger partial charge is 0.496 e. The number of aliphatic hydroxyl groups excluding tert-OH is 1. The predicted octanol–water partition coefficient (Wildman–Crippen LogP) is 1.14. The molecule has 0 aliphatic rings. The molecule has 1 aromatic carbocycles. The van der Waals surface area contributed by atoms with Crippen LogP contribution in [-0.4, -0.2) is 51.5 Å². The molecule has 1 rings (SSSR count). The van der Waals surface area contributed by atoms with Gasteiger partial charge in [-0.25, -0.2) is 0 Å². The van der Waals surface area contributed by atoms with E-state index in [9.17, 15) is 0 Å². The first-order chi connectivity index (χ1) is 8.65. The molecule has 0 saturated heterocycles. The van der Waals surface area contributed by atoms with E-state index in [4.69, 9.17) is 19.3 Å². The minimum absolute atomic E-state index is 0.131. The molecular weight excluding hydrogens is 234 g/mol. The van der Waals surface area contributed by atoms with E-state index in [1.54, 1.807) is 27.4 Å². The number of likely N-dealkylation sites (N-methyl/N-ethyl adjacent to an activating group) is 1.